The Balaban J connectivity index is 1.70. The van der Waals surface area contributed by atoms with E-state index in [0.29, 0.717) is 13.1 Å². The van der Waals surface area contributed by atoms with Gasteiger partial charge in [0.15, 0.2) is 0 Å². The van der Waals surface area contributed by atoms with E-state index < -0.39 is 0 Å². The zero-order valence-corrected chi connectivity index (χ0v) is 14.5. The molecular formula is C22H21N3O. The number of hydrogen-bond donors (Lipinski definition) is 0. The Morgan fingerprint density at radius 3 is 2.46 bits per heavy atom. The van der Waals surface area contributed by atoms with Gasteiger partial charge in [-0.15, -0.1) is 0 Å². The van der Waals surface area contributed by atoms with Crippen molar-refractivity contribution in [2.24, 2.45) is 0 Å². The second-order valence-electron chi connectivity index (χ2n) is 5.94. The summed E-state index contributed by atoms with van der Waals surface area (Å²) in [7, 11) is 0. The number of carbonyl (C=O) groups excluding carboxylic acids is 1. The summed E-state index contributed by atoms with van der Waals surface area (Å²) >= 11 is 0. The Bertz CT molecular complexity index is 833. The zero-order valence-electron chi connectivity index (χ0n) is 14.5. The monoisotopic (exact) mass is 343 g/mol. The summed E-state index contributed by atoms with van der Waals surface area (Å²) in [5.74, 6) is -0.0320. The summed E-state index contributed by atoms with van der Waals surface area (Å²) in [6, 6.07) is 19.7. The molecule has 0 saturated carbocycles. The molecule has 2 aromatic heterocycles. The summed E-state index contributed by atoms with van der Waals surface area (Å²) < 4.78 is 0. The molecule has 3 aromatic rings. The van der Waals surface area contributed by atoms with Crippen LogP contribution in [-0.2, 0) is 17.8 Å². The molecule has 0 N–H and O–H groups in total. The molecule has 1 amide bonds. The van der Waals surface area contributed by atoms with E-state index in [1.54, 1.807) is 30.7 Å². The van der Waals surface area contributed by atoms with Crippen molar-refractivity contribution in [3.05, 3.63) is 102 Å². The van der Waals surface area contributed by atoms with Crippen molar-refractivity contribution in [1.29, 1.82) is 0 Å². The molecule has 0 atom stereocenters. The van der Waals surface area contributed by atoms with E-state index >= 15 is 0 Å². The van der Waals surface area contributed by atoms with Gasteiger partial charge in [0.2, 0.25) is 5.91 Å². The van der Waals surface area contributed by atoms with Crippen LogP contribution in [0.1, 0.15) is 16.8 Å². The predicted molar refractivity (Wildman–Crippen MR) is 103 cm³/mol. The van der Waals surface area contributed by atoms with Gasteiger partial charge in [-0.1, -0.05) is 42.5 Å². The van der Waals surface area contributed by atoms with Crippen LogP contribution in [0, 0.1) is 0 Å². The Hall–Kier alpha value is -3.27. The first-order valence-corrected chi connectivity index (χ1v) is 8.62. The fourth-order valence-corrected chi connectivity index (χ4v) is 2.62. The van der Waals surface area contributed by atoms with Gasteiger partial charge in [-0.25, -0.2) is 0 Å². The van der Waals surface area contributed by atoms with Crippen LogP contribution in [0.5, 0.6) is 0 Å². The molecule has 3 rings (SSSR count). The predicted octanol–water partition coefficient (Wildman–Crippen LogP) is 3.76. The highest BCUT2D eigenvalue weighted by Gasteiger charge is 2.12. The largest absolute Gasteiger partial charge is 0.334 e. The third-order valence-electron chi connectivity index (χ3n) is 4.01. The Morgan fingerprint density at radius 2 is 1.73 bits per heavy atom. The minimum Gasteiger partial charge on any atom is -0.334 e. The Kier molecular flexibility index (Phi) is 6.26. The van der Waals surface area contributed by atoms with Crippen molar-refractivity contribution in [2.45, 2.75) is 13.0 Å². The molecule has 4 nitrogen and oxygen atoms in total. The van der Waals surface area contributed by atoms with Crippen molar-refractivity contribution in [2.75, 3.05) is 6.54 Å². The number of benzene rings is 1. The molecule has 4 heteroatoms. The first-order valence-electron chi connectivity index (χ1n) is 8.62. The number of hydrogen-bond acceptors (Lipinski definition) is 3. The highest BCUT2D eigenvalue weighted by Crippen LogP contribution is 2.08. The number of rotatable bonds is 7. The van der Waals surface area contributed by atoms with Crippen molar-refractivity contribution < 1.29 is 4.79 Å². The van der Waals surface area contributed by atoms with Gasteiger partial charge in [0.25, 0.3) is 0 Å². The minimum atomic E-state index is -0.0320. The van der Waals surface area contributed by atoms with Gasteiger partial charge in [0, 0.05) is 37.8 Å². The molecular weight excluding hydrogens is 322 g/mol. The first kappa shape index (κ1) is 17.5. The van der Waals surface area contributed by atoms with Gasteiger partial charge in [0.05, 0.1) is 5.69 Å². The fraction of sp³-hybridized carbons (Fsp3) is 0.136. The Labute approximate surface area is 153 Å². The third-order valence-corrected chi connectivity index (χ3v) is 4.01. The van der Waals surface area contributed by atoms with Gasteiger partial charge < -0.3 is 4.90 Å². The summed E-state index contributed by atoms with van der Waals surface area (Å²) in [6.45, 7) is 1.18. The summed E-state index contributed by atoms with van der Waals surface area (Å²) in [4.78, 5) is 22.9. The normalized spacial score (nSPS) is 10.8. The molecule has 2 heterocycles. The molecule has 1 aromatic carbocycles. The van der Waals surface area contributed by atoms with Crippen molar-refractivity contribution in [3.63, 3.8) is 0 Å². The van der Waals surface area contributed by atoms with Gasteiger partial charge in [-0.2, -0.15) is 0 Å². The maximum absolute atomic E-state index is 12.7. The van der Waals surface area contributed by atoms with E-state index in [-0.39, 0.29) is 5.91 Å². The van der Waals surface area contributed by atoms with Gasteiger partial charge >= 0.3 is 0 Å². The summed E-state index contributed by atoms with van der Waals surface area (Å²) in [5, 5.41) is 0. The average molecular weight is 343 g/mol. The maximum atomic E-state index is 12.7. The molecule has 0 aliphatic rings. The molecule has 0 spiro atoms. The number of pyridine rings is 2. The van der Waals surface area contributed by atoms with E-state index in [2.05, 4.69) is 22.1 Å². The molecule has 0 radical (unpaired) electrons. The number of nitrogens with zero attached hydrogens (tertiary/aromatic N) is 3. The molecule has 0 bridgehead atoms. The molecule has 0 aliphatic heterocycles. The Morgan fingerprint density at radius 1 is 0.923 bits per heavy atom. The molecule has 130 valence electrons. The molecule has 0 unspecified atom stereocenters. The lowest BCUT2D eigenvalue weighted by molar-refractivity contribution is -0.126. The fourth-order valence-electron chi connectivity index (χ4n) is 2.62. The number of amides is 1. The van der Waals surface area contributed by atoms with Gasteiger partial charge in [-0.3, -0.25) is 14.8 Å². The summed E-state index contributed by atoms with van der Waals surface area (Å²) in [5.41, 5.74) is 3.00. The third kappa shape index (κ3) is 5.38. The van der Waals surface area contributed by atoms with Crippen LogP contribution in [0.3, 0.4) is 0 Å². The number of aromatic nitrogens is 2. The van der Waals surface area contributed by atoms with E-state index in [1.807, 2.05) is 53.4 Å². The second kappa shape index (κ2) is 9.28. The van der Waals surface area contributed by atoms with Crippen LogP contribution >= 0.6 is 0 Å². The SMILES string of the molecule is O=C(/C=C\c1ccccn1)N(CCc1ccccc1)Cc1cccnc1. The lowest BCUT2D eigenvalue weighted by atomic mass is 10.1. The molecule has 26 heavy (non-hydrogen) atoms. The van der Waals surface area contributed by atoms with Crippen molar-refractivity contribution >= 4 is 12.0 Å². The van der Waals surface area contributed by atoms with E-state index in [1.165, 1.54) is 5.56 Å². The quantitative estimate of drug-likeness (QED) is 0.614. The van der Waals surface area contributed by atoms with Crippen LogP contribution in [-0.4, -0.2) is 27.3 Å². The van der Waals surface area contributed by atoms with Crippen LogP contribution in [0.4, 0.5) is 0 Å². The molecule has 0 saturated heterocycles. The summed E-state index contributed by atoms with van der Waals surface area (Å²) in [6.07, 6.45) is 9.40. The van der Waals surface area contributed by atoms with Gasteiger partial charge in [-0.05, 0) is 41.8 Å². The maximum Gasteiger partial charge on any atom is 0.246 e. The molecule has 0 fully saturated rings. The smallest absolute Gasteiger partial charge is 0.246 e. The topological polar surface area (TPSA) is 46.1 Å². The van der Waals surface area contributed by atoms with Gasteiger partial charge in [0.1, 0.15) is 0 Å². The first-order chi connectivity index (χ1) is 12.8. The van der Waals surface area contributed by atoms with Crippen LogP contribution in [0.15, 0.2) is 85.3 Å². The average Bonchev–Trinajstić information content (AvgIpc) is 2.71. The lowest BCUT2D eigenvalue weighted by Crippen LogP contribution is -2.31. The second-order valence-corrected chi connectivity index (χ2v) is 5.94. The van der Waals surface area contributed by atoms with Crippen LogP contribution in [0.2, 0.25) is 0 Å². The highest BCUT2D eigenvalue weighted by atomic mass is 16.2. The van der Waals surface area contributed by atoms with Crippen molar-refractivity contribution in [3.8, 4) is 0 Å². The van der Waals surface area contributed by atoms with E-state index in [9.17, 15) is 4.79 Å². The van der Waals surface area contributed by atoms with Crippen LogP contribution < -0.4 is 0 Å². The zero-order chi connectivity index (χ0) is 18.0. The van der Waals surface area contributed by atoms with E-state index in [0.717, 1.165) is 17.7 Å². The highest BCUT2D eigenvalue weighted by molar-refractivity contribution is 5.91. The van der Waals surface area contributed by atoms with Crippen LogP contribution in [0.25, 0.3) is 6.08 Å². The van der Waals surface area contributed by atoms with Crippen molar-refractivity contribution in [1.82, 2.24) is 14.9 Å². The minimum absolute atomic E-state index is 0.0320. The number of carbonyl (C=O) groups is 1. The molecule has 0 aliphatic carbocycles. The standard InChI is InChI=1S/C22H21N3O/c26-22(12-11-21-10-4-5-15-24-21)25(18-20-9-6-14-23-17-20)16-13-19-7-2-1-3-8-19/h1-12,14-15,17H,13,16,18H2/b12-11-. The lowest BCUT2D eigenvalue weighted by Gasteiger charge is -2.21. The van der Waals surface area contributed by atoms with E-state index in [4.69, 9.17) is 0 Å².